The smallest absolute Gasteiger partial charge is 0.0957 e. The maximum atomic E-state index is 4.35. The molecule has 2 nitrogen and oxygen atoms in total. The van der Waals surface area contributed by atoms with Gasteiger partial charge in [0.2, 0.25) is 0 Å². The zero-order chi connectivity index (χ0) is 11.3. The molecule has 0 fully saturated rings. The lowest BCUT2D eigenvalue weighted by molar-refractivity contribution is 1.22. The van der Waals surface area contributed by atoms with Crippen molar-refractivity contribution in [2.45, 2.75) is 20.8 Å². The summed E-state index contributed by atoms with van der Waals surface area (Å²) >= 11 is 0. The van der Waals surface area contributed by atoms with Crippen molar-refractivity contribution < 1.29 is 0 Å². The molecule has 0 bridgehead atoms. The van der Waals surface area contributed by atoms with Crippen LogP contribution in [-0.2, 0) is 0 Å². The third kappa shape index (κ3) is 2.62. The molecular weight excluding hydrogens is 184 g/mol. The normalized spacial score (nSPS) is 10.3. The molecule has 0 aliphatic rings. The van der Waals surface area contributed by atoms with E-state index in [1.165, 1.54) is 0 Å². The van der Waals surface area contributed by atoms with Crippen LogP contribution < -0.4 is 0 Å². The Morgan fingerprint density at radius 1 is 1.47 bits per heavy atom. The number of allylic oxidation sites excluding steroid dienone is 1. The molecule has 78 valence electrons. The van der Waals surface area contributed by atoms with Gasteiger partial charge in [-0.2, -0.15) is 0 Å². The van der Waals surface area contributed by atoms with Crippen molar-refractivity contribution >= 4 is 18.0 Å². The van der Waals surface area contributed by atoms with E-state index in [-0.39, 0.29) is 0 Å². The molecule has 0 aliphatic carbocycles. The van der Waals surface area contributed by atoms with E-state index in [1.54, 1.807) is 18.5 Å². The topological polar surface area (TPSA) is 25.2 Å². The molecule has 0 radical (unpaired) electrons. The lowest BCUT2D eigenvalue weighted by atomic mass is 10.1. The molecule has 1 heterocycles. The third-order valence-electron chi connectivity index (χ3n) is 2.01. The van der Waals surface area contributed by atoms with Gasteiger partial charge in [0.25, 0.3) is 0 Å². The van der Waals surface area contributed by atoms with E-state index in [9.17, 15) is 0 Å². The Morgan fingerprint density at radius 3 is 2.73 bits per heavy atom. The average molecular weight is 200 g/mol. The molecule has 1 rings (SSSR count). The average Bonchev–Trinajstić information content (AvgIpc) is 2.25. The van der Waals surface area contributed by atoms with E-state index in [1.807, 2.05) is 32.9 Å². The SMILES string of the molecule is C=Cc1cccnc1C(/N=C\C)=C(C)C. The van der Waals surface area contributed by atoms with Crippen LogP contribution in [0.2, 0.25) is 0 Å². The van der Waals surface area contributed by atoms with Crippen molar-refractivity contribution in [1.82, 2.24) is 4.98 Å². The van der Waals surface area contributed by atoms with Crippen LogP contribution in [0.15, 0.2) is 35.5 Å². The Kier molecular flexibility index (Phi) is 3.98. The minimum absolute atomic E-state index is 0.894. The summed E-state index contributed by atoms with van der Waals surface area (Å²) in [6.07, 6.45) is 5.36. The minimum atomic E-state index is 0.894. The monoisotopic (exact) mass is 200 g/mol. The first kappa shape index (κ1) is 11.4. The second-order valence-corrected chi connectivity index (χ2v) is 3.38. The van der Waals surface area contributed by atoms with E-state index in [4.69, 9.17) is 0 Å². The van der Waals surface area contributed by atoms with E-state index in [0.29, 0.717) is 0 Å². The molecule has 0 aromatic carbocycles. The Hall–Kier alpha value is -1.70. The van der Waals surface area contributed by atoms with Crippen molar-refractivity contribution in [3.05, 3.63) is 41.7 Å². The summed E-state index contributed by atoms with van der Waals surface area (Å²) in [6.45, 7) is 9.74. The van der Waals surface area contributed by atoms with Gasteiger partial charge in [0.05, 0.1) is 11.4 Å². The fourth-order valence-corrected chi connectivity index (χ4v) is 1.34. The van der Waals surface area contributed by atoms with Crippen LogP contribution in [0, 0.1) is 0 Å². The zero-order valence-electron chi connectivity index (χ0n) is 9.49. The molecule has 0 unspecified atom stereocenters. The van der Waals surface area contributed by atoms with Gasteiger partial charge in [-0.05, 0) is 32.4 Å². The van der Waals surface area contributed by atoms with Gasteiger partial charge in [0.15, 0.2) is 0 Å². The number of rotatable bonds is 3. The minimum Gasteiger partial charge on any atom is -0.259 e. The molecule has 15 heavy (non-hydrogen) atoms. The van der Waals surface area contributed by atoms with Crippen LogP contribution in [-0.4, -0.2) is 11.2 Å². The Labute approximate surface area is 91.1 Å². The number of nitrogens with zero attached hydrogens (tertiary/aromatic N) is 2. The highest BCUT2D eigenvalue weighted by Crippen LogP contribution is 2.21. The van der Waals surface area contributed by atoms with Crippen LogP contribution in [0.1, 0.15) is 32.0 Å². The summed E-state index contributed by atoms with van der Waals surface area (Å²) in [5.41, 5.74) is 3.98. The molecule has 0 atom stereocenters. The molecule has 2 heteroatoms. The highest BCUT2D eigenvalue weighted by molar-refractivity contribution is 5.77. The van der Waals surface area contributed by atoms with E-state index in [0.717, 1.165) is 22.5 Å². The van der Waals surface area contributed by atoms with E-state index >= 15 is 0 Å². The number of hydrogen-bond acceptors (Lipinski definition) is 2. The lowest BCUT2D eigenvalue weighted by Gasteiger charge is -2.06. The first-order chi connectivity index (χ1) is 7.20. The molecule has 0 amide bonds. The number of pyridine rings is 1. The van der Waals surface area contributed by atoms with E-state index in [2.05, 4.69) is 16.6 Å². The predicted molar refractivity (Wildman–Crippen MR) is 66.8 cm³/mol. The number of hydrogen-bond donors (Lipinski definition) is 0. The van der Waals surface area contributed by atoms with Crippen molar-refractivity contribution in [1.29, 1.82) is 0 Å². The quantitative estimate of drug-likeness (QED) is 0.685. The van der Waals surface area contributed by atoms with Crippen molar-refractivity contribution in [2.24, 2.45) is 4.99 Å². The first-order valence-electron chi connectivity index (χ1n) is 4.94. The van der Waals surface area contributed by atoms with Gasteiger partial charge in [-0.25, -0.2) is 0 Å². The highest BCUT2D eigenvalue weighted by Gasteiger charge is 2.06. The Balaban J connectivity index is 3.36. The largest absolute Gasteiger partial charge is 0.259 e. The zero-order valence-corrected chi connectivity index (χ0v) is 9.49. The second-order valence-electron chi connectivity index (χ2n) is 3.38. The van der Waals surface area contributed by atoms with Gasteiger partial charge in [-0.3, -0.25) is 9.98 Å². The third-order valence-corrected chi connectivity index (χ3v) is 2.01. The van der Waals surface area contributed by atoms with Gasteiger partial charge >= 0.3 is 0 Å². The van der Waals surface area contributed by atoms with Crippen molar-refractivity contribution in [2.75, 3.05) is 0 Å². The molecule has 0 spiro atoms. The summed E-state index contributed by atoms with van der Waals surface area (Å²) in [5, 5.41) is 0. The molecule has 0 saturated heterocycles. The second kappa shape index (κ2) is 5.25. The van der Waals surface area contributed by atoms with Gasteiger partial charge in [-0.15, -0.1) is 0 Å². The summed E-state index contributed by atoms with van der Waals surface area (Å²) in [4.78, 5) is 8.69. The van der Waals surface area contributed by atoms with Crippen molar-refractivity contribution in [3.63, 3.8) is 0 Å². The first-order valence-corrected chi connectivity index (χ1v) is 4.94. The molecule has 0 aliphatic heterocycles. The predicted octanol–water partition coefficient (Wildman–Crippen LogP) is 3.57. The standard InChI is InChI=1S/C13H16N2/c1-5-11-8-7-9-15-13(11)12(10(3)4)14-6-2/h5-9H,1H2,2-4H3/b14-6-. The van der Waals surface area contributed by atoms with Crippen LogP contribution in [0.25, 0.3) is 11.8 Å². The summed E-state index contributed by atoms with van der Waals surface area (Å²) in [5.74, 6) is 0. The van der Waals surface area contributed by atoms with Crippen LogP contribution in [0.3, 0.4) is 0 Å². The number of aliphatic imine (C=N–C) groups is 1. The molecule has 1 aromatic rings. The molecule has 1 aromatic heterocycles. The molecular formula is C13H16N2. The van der Waals surface area contributed by atoms with Crippen LogP contribution in [0.4, 0.5) is 0 Å². The summed E-state index contributed by atoms with van der Waals surface area (Å²) < 4.78 is 0. The Bertz CT molecular complexity index is 410. The van der Waals surface area contributed by atoms with Crippen LogP contribution in [0.5, 0.6) is 0 Å². The number of aromatic nitrogens is 1. The van der Waals surface area contributed by atoms with Gasteiger partial charge in [-0.1, -0.05) is 18.7 Å². The van der Waals surface area contributed by atoms with Crippen molar-refractivity contribution in [3.8, 4) is 0 Å². The molecule has 0 saturated carbocycles. The lowest BCUT2D eigenvalue weighted by Crippen LogP contribution is -1.93. The highest BCUT2D eigenvalue weighted by atomic mass is 14.8. The fraction of sp³-hybridized carbons (Fsp3) is 0.231. The fourth-order valence-electron chi connectivity index (χ4n) is 1.34. The van der Waals surface area contributed by atoms with Gasteiger partial charge < -0.3 is 0 Å². The molecule has 0 N–H and O–H groups in total. The maximum Gasteiger partial charge on any atom is 0.0957 e. The van der Waals surface area contributed by atoms with E-state index < -0.39 is 0 Å². The Morgan fingerprint density at radius 2 is 2.20 bits per heavy atom. The summed E-state index contributed by atoms with van der Waals surface area (Å²) in [7, 11) is 0. The summed E-state index contributed by atoms with van der Waals surface area (Å²) in [6, 6.07) is 3.89. The van der Waals surface area contributed by atoms with Gasteiger partial charge in [0.1, 0.15) is 0 Å². The van der Waals surface area contributed by atoms with Crippen LogP contribution >= 0.6 is 0 Å². The van der Waals surface area contributed by atoms with Gasteiger partial charge in [0, 0.05) is 18.0 Å². The maximum absolute atomic E-state index is 4.35.